The average molecular weight is 263 g/mol. The minimum atomic E-state index is -1.74. The molecule has 0 aliphatic heterocycles. The summed E-state index contributed by atoms with van der Waals surface area (Å²) in [4.78, 5) is 11.5. The van der Waals surface area contributed by atoms with Crippen molar-refractivity contribution < 1.29 is 28.2 Å². The van der Waals surface area contributed by atoms with E-state index in [1.165, 1.54) is 0 Å². The van der Waals surface area contributed by atoms with Crippen LogP contribution < -0.4 is 5.32 Å². The quantitative estimate of drug-likeness (QED) is 0.717. The Morgan fingerprint density at radius 3 is 2.56 bits per heavy atom. The van der Waals surface area contributed by atoms with Gasteiger partial charge in [0.05, 0.1) is 5.56 Å². The molecule has 1 amide bonds. The largest absolute Gasteiger partial charge is 0.503 e. The van der Waals surface area contributed by atoms with Crippen molar-refractivity contribution in [1.82, 2.24) is 5.32 Å². The number of benzene rings is 1. The summed E-state index contributed by atoms with van der Waals surface area (Å²) in [7, 11) is 0. The lowest BCUT2D eigenvalue weighted by Gasteiger charge is -2.13. The summed E-state index contributed by atoms with van der Waals surface area (Å²) < 4.78 is 39.1. The van der Waals surface area contributed by atoms with Crippen LogP contribution in [0, 0.1) is 17.5 Å². The van der Waals surface area contributed by atoms with E-state index in [0.29, 0.717) is 6.07 Å². The van der Waals surface area contributed by atoms with Gasteiger partial charge in [0, 0.05) is 12.6 Å². The maximum Gasteiger partial charge on any atom is 0.254 e. The van der Waals surface area contributed by atoms with E-state index in [2.05, 4.69) is 5.32 Å². The third kappa shape index (κ3) is 2.92. The first kappa shape index (κ1) is 14.3. The fourth-order valence-electron chi connectivity index (χ4n) is 1.32. The predicted octanol–water partition coefficient (Wildman–Crippen LogP) is 1.31. The lowest BCUT2D eigenvalue weighted by atomic mass is 10.1. The molecule has 0 spiro atoms. The number of aliphatic hydroxyl groups excluding tert-OH is 1. The highest BCUT2D eigenvalue weighted by Crippen LogP contribution is 2.25. The van der Waals surface area contributed by atoms with E-state index in [1.807, 2.05) is 0 Å². The van der Waals surface area contributed by atoms with Gasteiger partial charge in [0.1, 0.15) is 0 Å². The molecule has 0 fully saturated rings. The van der Waals surface area contributed by atoms with Gasteiger partial charge in [-0.1, -0.05) is 0 Å². The third-order valence-electron chi connectivity index (χ3n) is 2.32. The summed E-state index contributed by atoms with van der Waals surface area (Å²) in [5.41, 5.74) is -0.795. The number of hydrogen-bond donors (Lipinski definition) is 3. The maximum absolute atomic E-state index is 13.4. The van der Waals surface area contributed by atoms with E-state index in [9.17, 15) is 18.0 Å². The molecule has 18 heavy (non-hydrogen) atoms. The molecule has 0 radical (unpaired) electrons. The van der Waals surface area contributed by atoms with E-state index in [4.69, 9.17) is 10.2 Å². The van der Waals surface area contributed by atoms with Crippen LogP contribution in [0.1, 0.15) is 23.7 Å². The number of aliphatic hydroxyl groups is 1. The number of amides is 1. The van der Waals surface area contributed by atoms with Gasteiger partial charge in [-0.25, -0.2) is 8.78 Å². The van der Waals surface area contributed by atoms with Crippen LogP contribution in [0.5, 0.6) is 5.75 Å². The molecule has 0 aliphatic rings. The second-order valence-electron chi connectivity index (χ2n) is 3.77. The normalized spacial score (nSPS) is 12.3. The molecule has 0 heterocycles. The lowest BCUT2D eigenvalue weighted by molar-refractivity contribution is 0.0928. The SMILES string of the molecule is CC(CCO)NC(=O)c1cc(F)c(F)c(O)c1F. The van der Waals surface area contributed by atoms with Crippen LogP contribution in [0.4, 0.5) is 13.2 Å². The highest BCUT2D eigenvalue weighted by Gasteiger charge is 2.23. The molecule has 1 atom stereocenters. The fraction of sp³-hybridized carbons (Fsp3) is 0.364. The van der Waals surface area contributed by atoms with Gasteiger partial charge in [-0.05, 0) is 19.4 Å². The molecule has 1 unspecified atom stereocenters. The molecule has 0 aliphatic carbocycles. The van der Waals surface area contributed by atoms with Gasteiger partial charge >= 0.3 is 0 Å². The third-order valence-corrected chi connectivity index (χ3v) is 2.32. The molecule has 1 aromatic rings. The molecular weight excluding hydrogens is 251 g/mol. The fourth-order valence-corrected chi connectivity index (χ4v) is 1.32. The molecule has 0 saturated heterocycles. The molecule has 0 bridgehead atoms. The van der Waals surface area contributed by atoms with E-state index in [0.717, 1.165) is 0 Å². The molecule has 0 aromatic heterocycles. The van der Waals surface area contributed by atoms with Crippen molar-refractivity contribution in [3.63, 3.8) is 0 Å². The first-order chi connectivity index (χ1) is 8.38. The number of aromatic hydroxyl groups is 1. The molecule has 7 heteroatoms. The Hall–Kier alpha value is -1.76. The molecular formula is C11H12F3NO3. The van der Waals surface area contributed by atoms with Crippen molar-refractivity contribution in [3.05, 3.63) is 29.1 Å². The number of hydrogen-bond acceptors (Lipinski definition) is 3. The van der Waals surface area contributed by atoms with Crippen LogP contribution in [0.25, 0.3) is 0 Å². The smallest absolute Gasteiger partial charge is 0.254 e. The van der Waals surface area contributed by atoms with Gasteiger partial charge in [-0.3, -0.25) is 4.79 Å². The van der Waals surface area contributed by atoms with Crippen molar-refractivity contribution in [1.29, 1.82) is 0 Å². The molecule has 1 aromatic carbocycles. The highest BCUT2D eigenvalue weighted by atomic mass is 19.2. The second-order valence-corrected chi connectivity index (χ2v) is 3.77. The van der Waals surface area contributed by atoms with Gasteiger partial charge < -0.3 is 15.5 Å². The summed E-state index contributed by atoms with van der Waals surface area (Å²) in [5, 5.41) is 19.8. The molecule has 1 rings (SSSR count). The van der Waals surface area contributed by atoms with Crippen LogP contribution in [0.3, 0.4) is 0 Å². The van der Waals surface area contributed by atoms with Crippen LogP contribution in [-0.4, -0.2) is 28.8 Å². The zero-order chi connectivity index (χ0) is 13.9. The van der Waals surface area contributed by atoms with Crippen molar-refractivity contribution in [2.45, 2.75) is 19.4 Å². The number of carbonyl (C=O) groups is 1. The summed E-state index contributed by atoms with van der Waals surface area (Å²) in [5.74, 6) is -7.32. The number of phenols is 1. The average Bonchev–Trinajstić information content (AvgIpc) is 2.31. The van der Waals surface area contributed by atoms with E-state index >= 15 is 0 Å². The Bertz CT molecular complexity index is 465. The monoisotopic (exact) mass is 263 g/mol. The number of halogens is 3. The van der Waals surface area contributed by atoms with Gasteiger partial charge in [-0.2, -0.15) is 4.39 Å². The van der Waals surface area contributed by atoms with Crippen molar-refractivity contribution in [3.8, 4) is 5.75 Å². The summed E-state index contributed by atoms with van der Waals surface area (Å²) >= 11 is 0. The summed E-state index contributed by atoms with van der Waals surface area (Å²) in [6, 6.07) is -0.108. The second kappa shape index (κ2) is 5.72. The maximum atomic E-state index is 13.4. The topological polar surface area (TPSA) is 69.6 Å². The summed E-state index contributed by atoms with van der Waals surface area (Å²) in [6.45, 7) is 1.36. The number of rotatable bonds is 4. The Kier molecular flexibility index (Phi) is 4.55. The zero-order valence-corrected chi connectivity index (χ0v) is 9.51. The Morgan fingerprint density at radius 2 is 2.00 bits per heavy atom. The van der Waals surface area contributed by atoms with Crippen molar-refractivity contribution >= 4 is 5.91 Å². The zero-order valence-electron chi connectivity index (χ0n) is 9.51. The van der Waals surface area contributed by atoms with Gasteiger partial charge in [-0.15, -0.1) is 0 Å². The number of nitrogens with one attached hydrogen (secondary N) is 1. The minimum absolute atomic E-state index is 0.188. The van der Waals surface area contributed by atoms with Gasteiger partial charge in [0.15, 0.2) is 17.4 Å². The van der Waals surface area contributed by atoms with Crippen molar-refractivity contribution in [2.24, 2.45) is 0 Å². The van der Waals surface area contributed by atoms with Gasteiger partial charge in [0.25, 0.3) is 5.91 Å². The van der Waals surface area contributed by atoms with E-state index in [1.54, 1.807) is 6.92 Å². The highest BCUT2D eigenvalue weighted by molar-refractivity contribution is 5.95. The Labute approximate surface area is 101 Å². The minimum Gasteiger partial charge on any atom is -0.503 e. The molecule has 100 valence electrons. The Balaban J connectivity index is 3.00. The molecule has 3 N–H and O–H groups in total. The van der Waals surface area contributed by atoms with Crippen LogP contribution in [-0.2, 0) is 0 Å². The standard InChI is InChI=1S/C11H12F3NO3/c1-5(2-3-16)15-11(18)6-4-7(12)9(14)10(17)8(6)13/h4-5,16-17H,2-3H2,1H3,(H,15,18). The van der Waals surface area contributed by atoms with Crippen molar-refractivity contribution in [2.75, 3.05) is 6.61 Å². The van der Waals surface area contributed by atoms with Crippen LogP contribution in [0.15, 0.2) is 6.07 Å². The first-order valence-electron chi connectivity index (χ1n) is 5.16. The lowest BCUT2D eigenvalue weighted by Crippen LogP contribution is -2.33. The van der Waals surface area contributed by atoms with Crippen LogP contribution >= 0.6 is 0 Å². The number of carbonyl (C=O) groups excluding carboxylic acids is 1. The molecule has 0 saturated carbocycles. The Morgan fingerprint density at radius 1 is 1.39 bits per heavy atom. The van der Waals surface area contributed by atoms with E-state index < -0.39 is 40.7 Å². The molecule has 4 nitrogen and oxygen atoms in total. The van der Waals surface area contributed by atoms with Gasteiger partial charge in [0.2, 0.25) is 5.82 Å². The summed E-state index contributed by atoms with van der Waals surface area (Å²) in [6.07, 6.45) is 0.225. The predicted molar refractivity (Wildman–Crippen MR) is 56.6 cm³/mol. The first-order valence-corrected chi connectivity index (χ1v) is 5.16. The van der Waals surface area contributed by atoms with Crippen LogP contribution in [0.2, 0.25) is 0 Å². The number of phenolic OH excluding ortho intramolecular Hbond substituents is 1. The van der Waals surface area contributed by atoms with E-state index in [-0.39, 0.29) is 13.0 Å².